The van der Waals surface area contributed by atoms with Crippen molar-refractivity contribution in [3.8, 4) is 5.75 Å². The Balaban J connectivity index is 1.19. The zero-order valence-electron chi connectivity index (χ0n) is 16.2. The maximum Gasteiger partial charge on any atom is 0.260 e. The molecule has 10 heteroatoms. The molecule has 3 heterocycles. The van der Waals surface area contributed by atoms with Gasteiger partial charge in [0.25, 0.3) is 5.91 Å². The average Bonchev–Trinajstić information content (AvgIpc) is 3.51. The van der Waals surface area contributed by atoms with Gasteiger partial charge < -0.3 is 14.5 Å². The Morgan fingerprint density at radius 1 is 1.07 bits per heavy atom. The number of piperazine rings is 1. The first-order valence-corrected chi connectivity index (χ1v) is 9.91. The minimum Gasteiger partial charge on any atom is -0.481 e. The van der Waals surface area contributed by atoms with Crippen molar-refractivity contribution in [2.75, 3.05) is 37.7 Å². The summed E-state index contributed by atoms with van der Waals surface area (Å²) in [5.74, 6) is 0.284. The minimum absolute atomic E-state index is 0.138. The first kappa shape index (κ1) is 18.7. The second-order valence-corrected chi connectivity index (χ2v) is 7.53. The molecule has 0 radical (unpaired) electrons. The Bertz CT molecular complexity index is 1090. The third-order valence-electron chi connectivity index (χ3n) is 5.42. The largest absolute Gasteiger partial charge is 0.481 e. The van der Waals surface area contributed by atoms with Gasteiger partial charge in [-0.2, -0.15) is 4.52 Å². The number of amides is 1. The number of nitrogens with zero attached hydrogens (tertiary/aromatic N) is 6. The highest BCUT2D eigenvalue weighted by Crippen LogP contribution is 2.38. The first-order valence-electron chi connectivity index (χ1n) is 9.91. The maximum atomic E-state index is 13.6. The van der Waals surface area contributed by atoms with E-state index in [-0.39, 0.29) is 18.3 Å². The summed E-state index contributed by atoms with van der Waals surface area (Å²) in [7, 11) is 0. The maximum absolute atomic E-state index is 13.6. The van der Waals surface area contributed by atoms with Gasteiger partial charge in [0.05, 0.1) is 0 Å². The van der Waals surface area contributed by atoms with Gasteiger partial charge in [-0.1, -0.05) is 0 Å². The van der Waals surface area contributed by atoms with Crippen LogP contribution in [0.15, 0.2) is 30.3 Å². The van der Waals surface area contributed by atoms with Crippen molar-refractivity contribution in [3.63, 3.8) is 0 Å². The first-order chi connectivity index (χ1) is 14.6. The molecule has 30 heavy (non-hydrogen) atoms. The number of carbonyl (C=O) groups is 1. The fourth-order valence-electron chi connectivity index (χ4n) is 3.57. The summed E-state index contributed by atoms with van der Waals surface area (Å²) in [6, 6.07) is 6.82. The summed E-state index contributed by atoms with van der Waals surface area (Å²) < 4.78 is 33.6. The fraction of sp³-hybridized carbons (Fsp3) is 0.400. The minimum atomic E-state index is -0.825. The number of anilines is 1. The van der Waals surface area contributed by atoms with Crippen LogP contribution in [0, 0.1) is 11.6 Å². The number of benzene rings is 1. The summed E-state index contributed by atoms with van der Waals surface area (Å²) in [6.07, 6.45) is 2.24. The fourth-order valence-corrected chi connectivity index (χ4v) is 3.57. The Labute approximate surface area is 171 Å². The molecule has 0 bridgehead atoms. The molecule has 1 saturated heterocycles. The number of fused-ring (bicyclic) bond motifs is 1. The lowest BCUT2D eigenvalue weighted by Crippen LogP contribution is -2.50. The van der Waals surface area contributed by atoms with Gasteiger partial charge in [0, 0.05) is 38.2 Å². The van der Waals surface area contributed by atoms with Crippen molar-refractivity contribution in [2.24, 2.45) is 0 Å². The van der Waals surface area contributed by atoms with E-state index in [9.17, 15) is 13.6 Å². The van der Waals surface area contributed by atoms with Crippen LogP contribution in [0.4, 0.5) is 14.6 Å². The Morgan fingerprint density at radius 2 is 1.87 bits per heavy atom. The molecule has 2 aliphatic rings. The summed E-state index contributed by atoms with van der Waals surface area (Å²) in [4.78, 5) is 16.2. The third kappa shape index (κ3) is 3.64. The summed E-state index contributed by atoms with van der Waals surface area (Å²) in [6.45, 7) is 1.96. The Hall–Kier alpha value is -3.30. The van der Waals surface area contributed by atoms with E-state index < -0.39 is 11.6 Å². The molecule has 0 spiro atoms. The molecule has 1 amide bonds. The Kier molecular flexibility index (Phi) is 4.68. The quantitative estimate of drug-likeness (QED) is 0.636. The molecular formula is C20H20F2N6O2. The molecule has 8 nitrogen and oxygen atoms in total. The topological polar surface area (TPSA) is 75.9 Å². The molecule has 0 unspecified atom stereocenters. The molecule has 1 aliphatic carbocycles. The lowest BCUT2D eigenvalue weighted by atomic mass is 10.3. The second kappa shape index (κ2) is 7.51. The lowest BCUT2D eigenvalue weighted by molar-refractivity contribution is -0.133. The van der Waals surface area contributed by atoms with Crippen LogP contribution in [0.25, 0.3) is 5.65 Å². The van der Waals surface area contributed by atoms with Crippen LogP contribution in [0.3, 0.4) is 0 Å². The van der Waals surface area contributed by atoms with Crippen LogP contribution in [0.1, 0.15) is 24.6 Å². The smallest absolute Gasteiger partial charge is 0.260 e. The number of hydrogen-bond acceptors (Lipinski definition) is 6. The van der Waals surface area contributed by atoms with Gasteiger partial charge in [-0.05, 0) is 37.1 Å². The molecule has 5 rings (SSSR count). The van der Waals surface area contributed by atoms with Gasteiger partial charge in [-0.3, -0.25) is 4.79 Å². The van der Waals surface area contributed by atoms with Crippen LogP contribution in [-0.4, -0.2) is 63.4 Å². The number of hydrogen-bond donors (Lipinski definition) is 0. The van der Waals surface area contributed by atoms with E-state index in [0.29, 0.717) is 32.1 Å². The van der Waals surface area contributed by atoms with Gasteiger partial charge in [0.15, 0.2) is 29.6 Å². The molecule has 0 atom stereocenters. The Morgan fingerprint density at radius 3 is 2.60 bits per heavy atom. The number of carbonyl (C=O) groups excluding carboxylic acids is 1. The van der Waals surface area contributed by atoms with Gasteiger partial charge >= 0.3 is 0 Å². The van der Waals surface area contributed by atoms with Crippen LogP contribution in [-0.2, 0) is 4.79 Å². The van der Waals surface area contributed by atoms with E-state index in [1.807, 2.05) is 16.6 Å². The number of aromatic nitrogens is 4. The summed E-state index contributed by atoms with van der Waals surface area (Å²) in [5, 5.41) is 13.1. The standard InChI is InChI=1S/C20H20F2N6O2/c21-14-3-4-16(15(22)11-14)30-12-19(29)27-9-7-26(8-10-27)18-6-5-17-23-24-20(13-1-2-13)28(17)25-18/h3-6,11,13H,1-2,7-10,12H2. The average molecular weight is 414 g/mol. The van der Waals surface area contributed by atoms with Crippen molar-refractivity contribution in [1.82, 2.24) is 24.7 Å². The molecular weight excluding hydrogens is 394 g/mol. The van der Waals surface area contributed by atoms with E-state index in [1.165, 1.54) is 6.07 Å². The highest BCUT2D eigenvalue weighted by atomic mass is 19.1. The van der Waals surface area contributed by atoms with E-state index in [4.69, 9.17) is 9.84 Å². The van der Waals surface area contributed by atoms with Crippen LogP contribution < -0.4 is 9.64 Å². The van der Waals surface area contributed by atoms with Crippen LogP contribution in [0.5, 0.6) is 5.75 Å². The number of rotatable bonds is 5. The number of ether oxygens (including phenoxy) is 1. The highest BCUT2D eigenvalue weighted by Gasteiger charge is 2.30. The van der Waals surface area contributed by atoms with Crippen molar-refractivity contribution >= 4 is 17.4 Å². The monoisotopic (exact) mass is 414 g/mol. The summed E-state index contributed by atoms with van der Waals surface area (Å²) >= 11 is 0. The zero-order chi connectivity index (χ0) is 20.7. The van der Waals surface area contributed by atoms with Gasteiger partial charge in [0.2, 0.25) is 0 Å². The molecule has 1 aliphatic heterocycles. The van der Waals surface area contributed by atoms with Gasteiger partial charge in [-0.25, -0.2) is 8.78 Å². The third-order valence-corrected chi connectivity index (χ3v) is 5.42. The SMILES string of the molecule is O=C(COc1ccc(F)cc1F)N1CCN(c2ccc3nnc(C4CC4)n3n2)CC1. The number of halogens is 2. The van der Waals surface area contributed by atoms with Gasteiger partial charge in [-0.15, -0.1) is 15.3 Å². The van der Waals surface area contributed by atoms with Crippen molar-refractivity contribution < 1.29 is 18.3 Å². The zero-order valence-corrected chi connectivity index (χ0v) is 16.2. The highest BCUT2D eigenvalue weighted by molar-refractivity contribution is 5.78. The van der Waals surface area contributed by atoms with Crippen molar-refractivity contribution in [1.29, 1.82) is 0 Å². The van der Waals surface area contributed by atoms with Crippen LogP contribution in [0.2, 0.25) is 0 Å². The second-order valence-electron chi connectivity index (χ2n) is 7.53. The predicted molar refractivity (Wildman–Crippen MR) is 103 cm³/mol. The van der Waals surface area contributed by atoms with Crippen LogP contribution >= 0.6 is 0 Å². The van der Waals surface area contributed by atoms with E-state index in [0.717, 1.165) is 42.3 Å². The van der Waals surface area contributed by atoms with Gasteiger partial charge in [0.1, 0.15) is 11.6 Å². The van der Waals surface area contributed by atoms with E-state index in [2.05, 4.69) is 15.1 Å². The lowest BCUT2D eigenvalue weighted by Gasteiger charge is -2.35. The van der Waals surface area contributed by atoms with Crippen molar-refractivity contribution in [2.45, 2.75) is 18.8 Å². The molecule has 1 saturated carbocycles. The molecule has 156 valence electrons. The predicted octanol–water partition coefficient (Wildman–Crippen LogP) is 2.01. The molecule has 2 aromatic heterocycles. The molecule has 1 aromatic carbocycles. The molecule has 3 aromatic rings. The van der Waals surface area contributed by atoms with E-state index in [1.54, 1.807) is 4.90 Å². The molecule has 0 N–H and O–H groups in total. The van der Waals surface area contributed by atoms with E-state index >= 15 is 0 Å². The summed E-state index contributed by atoms with van der Waals surface area (Å²) in [5.41, 5.74) is 0.736. The molecule has 2 fully saturated rings. The normalized spacial score (nSPS) is 16.9. The van der Waals surface area contributed by atoms with Crippen molar-refractivity contribution in [3.05, 3.63) is 47.8 Å².